The minimum absolute atomic E-state index is 0.293. The van der Waals surface area contributed by atoms with Gasteiger partial charge in [-0.2, -0.15) is 5.10 Å². The van der Waals surface area contributed by atoms with Crippen molar-refractivity contribution in [1.82, 2.24) is 19.7 Å². The standard InChI is InChI=1S/C22H26F3N5O2/c23-22(24,25)32-19-5-12(7-27-21(19)26)17-6-18(30(28-17)13-3-1-2-4-13)20-15-8-29(9-16(15)20)14-10-31-11-14/h5-7,13-16,20H,1-4,8-11H2,(H2,26,27). The number of nitrogen functional groups attached to an aromatic ring is 1. The molecule has 2 N–H and O–H groups in total. The van der Waals surface area contributed by atoms with Crippen molar-refractivity contribution in [3.05, 3.63) is 24.0 Å². The third-order valence-corrected chi connectivity index (χ3v) is 7.54. The highest BCUT2D eigenvalue weighted by Crippen LogP contribution is 2.59. The fourth-order valence-corrected chi connectivity index (χ4v) is 5.77. The van der Waals surface area contributed by atoms with Crippen molar-refractivity contribution in [1.29, 1.82) is 0 Å². The van der Waals surface area contributed by atoms with Crippen molar-refractivity contribution in [2.24, 2.45) is 11.8 Å². The number of likely N-dealkylation sites (tertiary alicyclic amines) is 1. The molecule has 4 fully saturated rings. The van der Waals surface area contributed by atoms with E-state index in [-0.39, 0.29) is 5.82 Å². The summed E-state index contributed by atoms with van der Waals surface area (Å²) in [7, 11) is 0. The summed E-state index contributed by atoms with van der Waals surface area (Å²) in [6, 6.07) is 4.24. The highest BCUT2D eigenvalue weighted by Gasteiger charge is 2.59. The third-order valence-electron chi connectivity index (χ3n) is 7.54. The predicted molar refractivity (Wildman–Crippen MR) is 110 cm³/mol. The van der Waals surface area contributed by atoms with Crippen molar-refractivity contribution in [2.45, 2.75) is 50.0 Å². The van der Waals surface area contributed by atoms with Gasteiger partial charge in [-0.15, -0.1) is 13.2 Å². The molecular weight excluding hydrogens is 423 g/mol. The fraction of sp³-hybridized carbons (Fsp3) is 0.636. The second-order valence-corrected chi connectivity index (χ2v) is 9.49. The number of ether oxygens (including phenoxy) is 2. The zero-order valence-electron chi connectivity index (χ0n) is 17.6. The first-order chi connectivity index (χ1) is 15.4. The van der Waals surface area contributed by atoms with Gasteiger partial charge in [0.05, 0.1) is 31.0 Å². The average Bonchev–Trinajstić information content (AvgIpc) is 3.17. The number of aromatic nitrogens is 3. The van der Waals surface area contributed by atoms with E-state index in [0.29, 0.717) is 41.1 Å². The lowest BCUT2D eigenvalue weighted by molar-refractivity contribution is -0.274. The summed E-state index contributed by atoms with van der Waals surface area (Å²) in [5, 5.41) is 4.87. The minimum Gasteiger partial charge on any atom is -0.402 e. The molecule has 0 aromatic carbocycles. The molecule has 2 saturated heterocycles. The van der Waals surface area contributed by atoms with Gasteiger partial charge in [-0.25, -0.2) is 4.98 Å². The van der Waals surface area contributed by atoms with Crippen molar-refractivity contribution < 1.29 is 22.6 Å². The number of rotatable bonds is 5. The van der Waals surface area contributed by atoms with Gasteiger partial charge in [-0.1, -0.05) is 12.8 Å². The number of nitrogens with two attached hydrogens (primary N) is 1. The van der Waals surface area contributed by atoms with Crippen LogP contribution in [0.3, 0.4) is 0 Å². The van der Waals surface area contributed by atoms with E-state index >= 15 is 0 Å². The summed E-state index contributed by atoms with van der Waals surface area (Å²) in [5.74, 6) is 0.914. The van der Waals surface area contributed by atoms with Crippen LogP contribution in [0.4, 0.5) is 19.0 Å². The third kappa shape index (κ3) is 3.53. The number of hydrogen-bond donors (Lipinski definition) is 1. The molecule has 0 radical (unpaired) electrons. The van der Waals surface area contributed by atoms with Crippen LogP contribution in [0.25, 0.3) is 11.3 Å². The molecule has 2 aromatic rings. The SMILES string of the molecule is Nc1ncc(-c2cc(C3C4CN(C5COC5)CC43)n(C3CCCC3)n2)cc1OC(F)(F)F. The second-order valence-electron chi connectivity index (χ2n) is 9.49. The Morgan fingerprint density at radius 2 is 1.78 bits per heavy atom. The smallest absolute Gasteiger partial charge is 0.402 e. The van der Waals surface area contributed by atoms with Gasteiger partial charge in [0.1, 0.15) is 0 Å². The Labute approximate surface area is 183 Å². The summed E-state index contributed by atoms with van der Waals surface area (Å²) in [6.07, 6.45) is 1.17. The number of alkyl halides is 3. The van der Waals surface area contributed by atoms with Gasteiger partial charge >= 0.3 is 6.36 Å². The Morgan fingerprint density at radius 1 is 1.06 bits per heavy atom. The molecule has 2 atom stereocenters. The Bertz CT molecular complexity index is 1000. The van der Waals surface area contributed by atoms with Crippen LogP contribution in [-0.2, 0) is 4.74 Å². The number of pyridine rings is 1. The number of piperidine rings is 1. The molecule has 0 bridgehead atoms. The molecular formula is C22H26F3N5O2. The topological polar surface area (TPSA) is 78.4 Å². The largest absolute Gasteiger partial charge is 0.573 e. The molecule has 2 aliphatic carbocycles. The van der Waals surface area contributed by atoms with E-state index in [1.165, 1.54) is 30.8 Å². The van der Waals surface area contributed by atoms with E-state index in [2.05, 4.69) is 19.3 Å². The molecule has 0 amide bonds. The van der Waals surface area contributed by atoms with E-state index in [1.54, 1.807) is 0 Å². The summed E-state index contributed by atoms with van der Waals surface area (Å²) < 4.78 is 49.8. The Kier molecular flexibility index (Phi) is 4.66. The molecule has 0 spiro atoms. The lowest BCUT2D eigenvalue weighted by atomic mass is 10.1. The molecule has 6 rings (SSSR count). The highest BCUT2D eigenvalue weighted by atomic mass is 19.4. The Hall–Kier alpha value is -2.33. The molecule has 32 heavy (non-hydrogen) atoms. The van der Waals surface area contributed by atoms with Crippen LogP contribution < -0.4 is 10.5 Å². The van der Waals surface area contributed by atoms with Crippen LogP contribution in [0.2, 0.25) is 0 Å². The Balaban J connectivity index is 1.29. The zero-order valence-corrected chi connectivity index (χ0v) is 17.6. The first-order valence-electron chi connectivity index (χ1n) is 11.3. The first kappa shape index (κ1) is 20.3. The summed E-state index contributed by atoms with van der Waals surface area (Å²) >= 11 is 0. The molecule has 2 aromatic heterocycles. The van der Waals surface area contributed by atoms with E-state index in [4.69, 9.17) is 15.6 Å². The van der Waals surface area contributed by atoms with Gasteiger partial charge in [0.15, 0.2) is 11.6 Å². The van der Waals surface area contributed by atoms with E-state index in [1.807, 2.05) is 6.07 Å². The fourth-order valence-electron chi connectivity index (χ4n) is 5.77. The lowest BCUT2D eigenvalue weighted by Crippen LogP contribution is -2.48. The van der Waals surface area contributed by atoms with Gasteiger partial charge in [-0.3, -0.25) is 9.58 Å². The summed E-state index contributed by atoms with van der Waals surface area (Å²) in [5.41, 5.74) is 7.93. The molecule has 2 aliphatic heterocycles. The van der Waals surface area contributed by atoms with Gasteiger partial charge < -0.3 is 15.2 Å². The van der Waals surface area contributed by atoms with Crippen molar-refractivity contribution in [3.63, 3.8) is 0 Å². The lowest BCUT2D eigenvalue weighted by Gasteiger charge is -2.35. The van der Waals surface area contributed by atoms with Crippen molar-refractivity contribution >= 4 is 5.82 Å². The zero-order chi connectivity index (χ0) is 22.0. The molecule has 2 unspecified atom stereocenters. The molecule has 4 aliphatic rings. The molecule has 7 nitrogen and oxygen atoms in total. The predicted octanol–water partition coefficient (Wildman–Crippen LogP) is 3.59. The second kappa shape index (κ2) is 7.34. The first-order valence-corrected chi connectivity index (χ1v) is 11.3. The summed E-state index contributed by atoms with van der Waals surface area (Å²) in [4.78, 5) is 6.46. The molecule has 4 heterocycles. The maximum Gasteiger partial charge on any atom is 0.573 e. The average molecular weight is 449 g/mol. The van der Waals surface area contributed by atoms with Gasteiger partial charge in [0, 0.05) is 36.5 Å². The van der Waals surface area contributed by atoms with E-state index in [9.17, 15) is 13.2 Å². The minimum atomic E-state index is -4.83. The maximum atomic E-state index is 12.8. The maximum absolute atomic E-state index is 12.8. The van der Waals surface area contributed by atoms with Crippen LogP contribution in [0.5, 0.6) is 5.75 Å². The number of anilines is 1. The van der Waals surface area contributed by atoms with Crippen LogP contribution in [0.1, 0.15) is 43.3 Å². The van der Waals surface area contributed by atoms with E-state index in [0.717, 1.165) is 39.1 Å². The quantitative estimate of drug-likeness (QED) is 0.752. The normalized spacial score (nSPS) is 28.7. The van der Waals surface area contributed by atoms with Crippen LogP contribution >= 0.6 is 0 Å². The van der Waals surface area contributed by atoms with Crippen molar-refractivity contribution in [3.8, 4) is 17.0 Å². The van der Waals surface area contributed by atoms with Gasteiger partial charge in [-0.05, 0) is 36.8 Å². The highest BCUT2D eigenvalue weighted by molar-refractivity contribution is 5.64. The molecule has 2 saturated carbocycles. The molecule has 10 heteroatoms. The number of fused-ring (bicyclic) bond motifs is 1. The monoisotopic (exact) mass is 449 g/mol. The number of hydrogen-bond acceptors (Lipinski definition) is 6. The summed E-state index contributed by atoms with van der Waals surface area (Å²) in [6.45, 7) is 3.84. The van der Waals surface area contributed by atoms with Crippen molar-refractivity contribution in [2.75, 3.05) is 32.0 Å². The van der Waals surface area contributed by atoms with Crippen LogP contribution in [-0.4, -0.2) is 58.4 Å². The van der Waals surface area contributed by atoms with Crippen LogP contribution in [0.15, 0.2) is 18.3 Å². The number of halogens is 3. The van der Waals surface area contributed by atoms with Gasteiger partial charge in [0.2, 0.25) is 0 Å². The van der Waals surface area contributed by atoms with Crippen LogP contribution in [0, 0.1) is 11.8 Å². The molecule has 172 valence electrons. The number of nitrogens with zero attached hydrogens (tertiary/aromatic N) is 4. The van der Waals surface area contributed by atoms with E-state index < -0.39 is 12.1 Å². The van der Waals surface area contributed by atoms with Gasteiger partial charge in [0.25, 0.3) is 0 Å². The Morgan fingerprint density at radius 3 is 2.41 bits per heavy atom.